The molecular weight excluding hydrogens is 705 g/mol. The van der Waals surface area contributed by atoms with Crippen molar-refractivity contribution in [3.63, 3.8) is 0 Å². The van der Waals surface area contributed by atoms with Crippen LogP contribution in [0.25, 0.3) is 22.0 Å². The standard InChI is InChI=1S/C42H50N4O7S/c1-41(2,3)54-39-35-25-34(52-29-33-13-9-10-22-43-33)19-20-36(35)45(28-30-14-16-31(17-15-30)32-18-21-38(50-6)44-27-32)37(39)26-42(4,5)40(47)51-23-11-7-8-12-24-53-46(48)49/h9-10,13-22,25,27H,7-8,11-12,23-24,26,28-29H2,1-6H3. The van der Waals surface area contributed by atoms with Crippen LogP contribution in [0, 0.1) is 15.5 Å². The topological polar surface area (TPSA) is 128 Å². The monoisotopic (exact) mass is 754 g/mol. The third kappa shape index (κ3) is 11.2. The number of thioether (sulfide) groups is 1. The number of esters is 1. The summed E-state index contributed by atoms with van der Waals surface area (Å²) in [5.41, 5.74) is 5.30. The third-order valence-electron chi connectivity index (χ3n) is 8.82. The number of ether oxygens (including phenoxy) is 3. The summed E-state index contributed by atoms with van der Waals surface area (Å²) in [5.74, 6) is 1.05. The first-order valence-corrected chi connectivity index (χ1v) is 19.1. The van der Waals surface area contributed by atoms with Crippen LogP contribution in [0.15, 0.2) is 90.1 Å². The number of methoxy groups -OCH3 is 1. The molecule has 0 aliphatic carbocycles. The summed E-state index contributed by atoms with van der Waals surface area (Å²) in [4.78, 5) is 38.3. The van der Waals surface area contributed by atoms with Gasteiger partial charge in [0, 0.05) is 63.2 Å². The second kappa shape index (κ2) is 18.3. The van der Waals surface area contributed by atoms with Crippen molar-refractivity contribution in [1.29, 1.82) is 0 Å². The zero-order chi connectivity index (χ0) is 38.7. The van der Waals surface area contributed by atoms with E-state index in [2.05, 4.69) is 76.5 Å². The van der Waals surface area contributed by atoms with Crippen molar-refractivity contribution in [2.75, 3.05) is 20.3 Å². The van der Waals surface area contributed by atoms with Gasteiger partial charge in [-0.1, -0.05) is 57.5 Å². The van der Waals surface area contributed by atoms with E-state index in [9.17, 15) is 14.9 Å². The molecule has 0 atom stereocenters. The van der Waals surface area contributed by atoms with E-state index < -0.39 is 10.5 Å². The molecule has 11 nitrogen and oxygen atoms in total. The lowest BCUT2D eigenvalue weighted by Gasteiger charge is -2.26. The molecule has 54 heavy (non-hydrogen) atoms. The van der Waals surface area contributed by atoms with Crippen LogP contribution in [-0.4, -0.2) is 50.7 Å². The van der Waals surface area contributed by atoms with Gasteiger partial charge in [0.1, 0.15) is 12.4 Å². The molecule has 3 heterocycles. The fourth-order valence-electron chi connectivity index (χ4n) is 6.07. The van der Waals surface area contributed by atoms with Crippen molar-refractivity contribution >= 4 is 28.6 Å². The zero-order valence-corrected chi connectivity index (χ0v) is 32.8. The fraction of sp³-hybridized carbons (Fsp3) is 0.405. The molecule has 3 aromatic heterocycles. The number of carbonyl (C=O) groups is 1. The van der Waals surface area contributed by atoms with Gasteiger partial charge in [0.2, 0.25) is 5.88 Å². The first-order chi connectivity index (χ1) is 25.8. The van der Waals surface area contributed by atoms with E-state index in [-0.39, 0.29) is 23.9 Å². The number of benzene rings is 2. The normalized spacial score (nSPS) is 11.7. The Balaban J connectivity index is 1.44. The number of rotatable bonds is 19. The zero-order valence-electron chi connectivity index (χ0n) is 32.0. The van der Waals surface area contributed by atoms with Gasteiger partial charge in [0.25, 0.3) is 5.09 Å². The number of fused-ring (bicyclic) bond motifs is 1. The summed E-state index contributed by atoms with van der Waals surface area (Å²) in [6, 6.07) is 24.3. The van der Waals surface area contributed by atoms with Gasteiger partial charge in [-0.15, -0.1) is 21.9 Å². The summed E-state index contributed by atoms with van der Waals surface area (Å²) < 4.78 is 19.5. The molecular formula is C42H50N4O7S. The third-order valence-corrected chi connectivity index (χ3v) is 10.1. The number of hydrogen-bond donors (Lipinski definition) is 0. The summed E-state index contributed by atoms with van der Waals surface area (Å²) in [6.07, 6.45) is 6.83. The lowest BCUT2D eigenvalue weighted by atomic mass is 9.87. The van der Waals surface area contributed by atoms with Crippen LogP contribution >= 0.6 is 11.8 Å². The van der Waals surface area contributed by atoms with E-state index in [4.69, 9.17) is 14.2 Å². The highest BCUT2D eigenvalue weighted by Gasteiger charge is 2.34. The summed E-state index contributed by atoms with van der Waals surface area (Å²) in [7, 11) is 1.60. The Morgan fingerprint density at radius 1 is 0.889 bits per heavy atom. The Hall–Kier alpha value is -5.10. The van der Waals surface area contributed by atoms with Gasteiger partial charge in [-0.25, -0.2) is 4.98 Å². The first kappa shape index (κ1) is 40.1. The SMILES string of the molecule is COc1ccc(-c2ccc(Cn3c(CC(C)(C)C(=O)OCCCCCCO[N+](=O)[O-])c(SC(C)(C)C)c4cc(OCc5ccccn5)ccc43)cc2)cn1. The second-order valence-electron chi connectivity index (χ2n) is 14.8. The molecule has 5 rings (SSSR count). The van der Waals surface area contributed by atoms with Gasteiger partial charge in [-0.3, -0.25) is 9.78 Å². The van der Waals surface area contributed by atoms with Crippen molar-refractivity contribution < 1.29 is 28.9 Å². The van der Waals surface area contributed by atoms with E-state index >= 15 is 0 Å². The average molecular weight is 755 g/mol. The Labute approximate surface area is 321 Å². The number of nitrogens with zero attached hydrogens (tertiary/aromatic N) is 4. The molecule has 12 heteroatoms. The summed E-state index contributed by atoms with van der Waals surface area (Å²) in [5, 5.41) is 10.7. The van der Waals surface area contributed by atoms with Crippen molar-refractivity contribution in [1.82, 2.24) is 14.5 Å². The smallest absolute Gasteiger partial charge is 0.311 e. The minimum absolute atomic E-state index is 0.0743. The van der Waals surface area contributed by atoms with Crippen molar-refractivity contribution in [2.24, 2.45) is 5.41 Å². The van der Waals surface area contributed by atoms with E-state index in [0.29, 0.717) is 38.3 Å². The molecule has 0 radical (unpaired) electrons. The Morgan fingerprint density at radius 2 is 1.63 bits per heavy atom. The fourth-order valence-corrected chi connectivity index (χ4v) is 7.25. The van der Waals surface area contributed by atoms with E-state index in [0.717, 1.165) is 62.5 Å². The van der Waals surface area contributed by atoms with Crippen molar-refractivity contribution in [2.45, 2.75) is 89.5 Å². The molecule has 0 unspecified atom stereocenters. The molecule has 0 fully saturated rings. The van der Waals surface area contributed by atoms with Gasteiger partial charge >= 0.3 is 5.97 Å². The van der Waals surface area contributed by atoms with Crippen LogP contribution in [0.1, 0.15) is 77.3 Å². The van der Waals surface area contributed by atoms with Gasteiger partial charge in [-0.2, -0.15) is 0 Å². The lowest BCUT2D eigenvalue weighted by molar-refractivity contribution is -0.757. The molecule has 0 spiro atoms. The van der Waals surface area contributed by atoms with Crippen molar-refractivity contribution in [3.05, 3.63) is 112 Å². The van der Waals surface area contributed by atoms with Crippen molar-refractivity contribution in [3.8, 4) is 22.8 Å². The molecule has 0 saturated heterocycles. The molecule has 0 N–H and O–H groups in total. The largest absolute Gasteiger partial charge is 0.487 e. The molecule has 0 bridgehead atoms. The van der Waals surface area contributed by atoms with Gasteiger partial charge in [-0.05, 0) is 80.6 Å². The van der Waals surface area contributed by atoms with E-state index in [1.807, 2.05) is 56.4 Å². The van der Waals surface area contributed by atoms with Gasteiger partial charge in [0.15, 0.2) is 0 Å². The minimum Gasteiger partial charge on any atom is -0.487 e. The van der Waals surface area contributed by atoms with Gasteiger partial charge < -0.3 is 23.6 Å². The molecule has 0 aliphatic heterocycles. The van der Waals surface area contributed by atoms with Crippen LogP contribution in [-0.2, 0) is 33.9 Å². The molecule has 0 amide bonds. The van der Waals surface area contributed by atoms with Crippen LogP contribution in [0.2, 0.25) is 0 Å². The maximum atomic E-state index is 13.7. The highest BCUT2D eigenvalue weighted by molar-refractivity contribution is 8.00. The average Bonchev–Trinajstić information content (AvgIpc) is 3.41. The summed E-state index contributed by atoms with van der Waals surface area (Å²) in [6.45, 7) is 11.8. The number of hydrogen-bond acceptors (Lipinski definition) is 10. The quantitative estimate of drug-likeness (QED) is 0.0264. The van der Waals surface area contributed by atoms with Gasteiger partial charge in [0.05, 0.1) is 31.4 Å². The number of unbranched alkanes of at least 4 members (excludes halogenated alkanes) is 3. The predicted molar refractivity (Wildman–Crippen MR) is 211 cm³/mol. The lowest BCUT2D eigenvalue weighted by Crippen LogP contribution is -2.30. The van der Waals surface area contributed by atoms with Crippen LogP contribution in [0.3, 0.4) is 0 Å². The maximum Gasteiger partial charge on any atom is 0.311 e. The van der Waals surface area contributed by atoms with Crippen LogP contribution < -0.4 is 9.47 Å². The molecule has 286 valence electrons. The Bertz CT molecular complexity index is 1990. The maximum absolute atomic E-state index is 13.7. The Morgan fingerprint density at radius 3 is 2.28 bits per heavy atom. The molecule has 0 saturated carbocycles. The summed E-state index contributed by atoms with van der Waals surface area (Å²) >= 11 is 1.79. The second-order valence-corrected chi connectivity index (χ2v) is 16.7. The van der Waals surface area contributed by atoms with Crippen LogP contribution in [0.5, 0.6) is 11.6 Å². The Kier molecular flexibility index (Phi) is 13.6. The highest BCUT2D eigenvalue weighted by atomic mass is 32.2. The molecule has 5 aromatic rings. The molecule has 2 aromatic carbocycles. The number of pyridine rings is 2. The predicted octanol–water partition coefficient (Wildman–Crippen LogP) is 9.51. The molecule has 0 aliphatic rings. The highest BCUT2D eigenvalue weighted by Crippen LogP contribution is 2.44. The first-order valence-electron chi connectivity index (χ1n) is 18.2. The number of aromatic nitrogens is 3. The number of carbonyl (C=O) groups excluding carboxylic acids is 1. The minimum atomic E-state index is -0.831. The van der Waals surface area contributed by atoms with E-state index in [1.165, 1.54) is 0 Å². The van der Waals surface area contributed by atoms with E-state index in [1.54, 1.807) is 25.1 Å². The van der Waals surface area contributed by atoms with Crippen LogP contribution in [0.4, 0.5) is 0 Å².